The summed E-state index contributed by atoms with van der Waals surface area (Å²) in [4.78, 5) is 24.6. The van der Waals surface area contributed by atoms with E-state index < -0.39 is 5.24 Å². The Morgan fingerprint density at radius 3 is 2.25 bits per heavy atom. The van der Waals surface area contributed by atoms with Gasteiger partial charge in [-0.05, 0) is 37.6 Å². The van der Waals surface area contributed by atoms with Crippen LogP contribution in [0.15, 0.2) is 24.3 Å². The quantitative estimate of drug-likeness (QED) is 0.758. The smallest absolute Gasteiger partial charge is 0.253 e. The van der Waals surface area contributed by atoms with E-state index >= 15 is 0 Å². The average Bonchev–Trinajstić information content (AvgIpc) is 2.30. The number of benzene rings is 1. The van der Waals surface area contributed by atoms with Gasteiger partial charge in [0.1, 0.15) is 0 Å². The summed E-state index contributed by atoms with van der Waals surface area (Å²) in [6.45, 7) is 5.12. The maximum absolute atomic E-state index is 12.0. The number of halogens is 1. The molecule has 0 aliphatic carbocycles. The lowest BCUT2D eigenvalue weighted by Gasteiger charge is -2.18. The zero-order valence-electron chi connectivity index (χ0n) is 9.37. The largest absolute Gasteiger partial charge is 0.339 e. The molecule has 0 aliphatic rings. The van der Waals surface area contributed by atoms with Gasteiger partial charge in [-0.2, -0.15) is 0 Å². The molecule has 0 fully saturated rings. The van der Waals surface area contributed by atoms with Crippen LogP contribution in [0.2, 0.25) is 0 Å². The molecule has 1 rings (SSSR count). The van der Waals surface area contributed by atoms with E-state index in [0.29, 0.717) is 24.2 Å². The van der Waals surface area contributed by atoms with Crippen LogP contribution in [-0.4, -0.2) is 29.1 Å². The number of carbonyl (C=O) groups excluding carboxylic acids is 2. The molecule has 1 amide bonds. The topological polar surface area (TPSA) is 37.4 Å². The van der Waals surface area contributed by atoms with Crippen molar-refractivity contribution in [2.75, 3.05) is 13.1 Å². The maximum atomic E-state index is 12.0. The molecule has 0 aromatic heterocycles. The molecule has 0 radical (unpaired) electrons. The molecular weight excluding hydrogens is 226 g/mol. The van der Waals surface area contributed by atoms with Crippen LogP contribution in [0.5, 0.6) is 0 Å². The van der Waals surface area contributed by atoms with Gasteiger partial charge in [0.2, 0.25) is 0 Å². The molecule has 0 unspecified atom stereocenters. The monoisotopic (exact) mass is 239 g/mol. The number of amides is 1. The van der Waals surface area contributed by atoms with Crippen molar-refractivity contribution in [1.82, 2.24) is 4.90 Å². The van der Waals surface area contributed by atoms with Gasteiger partial charge >= 0.3 is 0 Å². The summed E-state index contributed by atoms with van der Waals surface area (Å²) in [6, 6.07) is 6.46. The predicted octanol–water partition coefficient (Wildman–Crippen LogP) is 2.55. The van der Waals surface area contributed by atoms with Gasteiger partial charge in [0.05, 0.1) is 0 Å². The van der Waals surface area contributed by atoms with Crippen LogP contribution in [0, 0.1) is 0 Å². The second kappa shape index (κ2) is 5.66. The third-order valence-electron chi connectivity index (χ3n) is 2.39. The zero-order valence-corrected chi connectivity index (χ0v) is 10.1. The summed E-state index contributed by atoms with van der Waals surface area (Å²) in [6.07, 6.45) is 0. The number of nitrogens with zero attached hydrogens (tertiary/aromatic N) is 1. The van der Waals surface area contributed by atoms with Gasteiger partial charge in [-0.15, -0.1) is 0 Å². The molecule has 0 saturated heterocycles. The zero-order chi connectivity index (χ0) is 12.1. The molecular formula is C12H14ClNO2. The highest BCUT2D eigenvalue weighted by molar-refractivity contribution is 6.67. The fourth-order valence-electron chi connectivity index (χ4n) is 1.47. The molecule has 0 atom stereocenters. The van der Waals surface area contributed by atoms with Crippen molar-refractivity contribution in [2.45, 2.75) is 13.8 Å². The van der Waals surface area contributed by atoms with Crippen LogP contribution in [0.4, 0.5) is 0 Å². The van der Waals surface area contributed by atoms with Crippen LogP contribution >= 0.6 is 11.6 Å². The SMILES string of the molecule is CCN(CC)C(=O)c1cccc(C(=O)Cl)c1. The van der Waals surface area contributed by atoms with E-state index in [2.05, 4.69) is 0 Å². The van der Waals surface area contributed by atoms with Gasteiger partial charge in [0, 0.05) is 24.2 Å². The van der Waals surface area contributed by atoms with Crippen molar-refractivity contribution in [3.8, 4) is 0 Å². The van der Waals surface area contributed by atoms with Crippen LogP contribution < -0.4 is 0 Å². The molecule has 1 aromatic carbocycles. The first-order valence-corrected chi connectivity index (χ1v) is 5.57. The minimum absolute atomic E-state index is 0.0789. The molecule has 0 N–H and O–H groups in total. The summed E-state index contributed by atoms with van der Waals surface area (Å²) in [5, 5.41) is -0.547. The average molecular weight is 240 g/mol. The highest BCUT2D eigenvalue weighted by atomic mass is 35.5. The minimum atomic E-state index is -0.547. The fourth-order valence-corrected chi connectivity index (χ4v) is 1.59. The van der Waals surface area contributed by atoms with Crippen molar-refractivity contribution in [3.05, 3.63) is 35.4 Å². The highest BCUT2D eigenvalue weighted by Gasteiger charge is 2.13. The standard InChI is InChI=1S/C12H14ClNO2/c1-3-14(4-2)12(16)10-7-5-6-9(8-10)11(13)15/h5-8H,3-4H2,1-2H3. The van der Waals surface area contributed by atoms with Gasteiger partial charge < -0.3 is 4.90 Å². The van der Waals surface area contributed by atoms with E-state index in [1.54, 1.807) is 23.1 Å². The first-order valence-electron chi connectivity index (χ1n) is 5.19. The van der Waals surface area contributed by atoms with E-state index in [-0.39, 0.29) is 5.91 Å². The van der Waals surface area contributed by atoms with Gasteiger partial charge in [0.15, 0.2) is 0 Å². The summed E-state index contributed by atoms with van der Waals surface area (Å²) >= 11 is 5.36. The lowest BCUT2D eigenvalue weighted by atomic mass is 10.1. The first kappa shape index (κ1) is 12.7. The van der Waals surface area contributed by atoms with Crippen molar-refractivity contribution < 1.29 is 9.59 Å². The maximum Gasteiger partial charge on any atom is 0.253 e. The number of hydrogen-bond donors (Lipinski definition) is 0. The lowest BCUT2D eigenvalue weighted by molar-refractivity contribution is 0.0773. The second-order valence-corrected chi connectivity index (χ2v) is 3.68. The van der Waals surface area contributed by atoms with Crippen LogP contribution in [0.1, 0.15) is 34.6 Å². The van der Waals surface area contributed by atoms with Crippen molar-refractivity contribution >= 4 is 22.8 Å². The van der Waals surface area contributed by atoms with Crippen LogP contribution in [0.25, 0.3) is 0 Å². The third-order valence-corrected chi connectivity index (χ3v) is 2.61. The molecule has 0 saturated carbocycles. The normalized spacial score (nSPS) is 9.94. The molecule has 16 heavy (non-hydrogen) atoms. The Hall–Kier alpha value is -1.35. The Balaban J connectivity index is 3.00. The molecule has 3 nitrogen and oxygen atoms in total. The molecule has 0 heterocycles. The fraction of sp³-hybridized carbons (Fsp3) is 0.333. The number of carbonyl (C=O) groups is 2. The Kier molecular flexibility index (Phi) is 4.50. The molecule has 1 aromatic rings. The molecule has 4 heteroatoms. The first-order chi connectivity index (χ1) is 7.60. The van der Waals surface area contributed by atoms with E-state index in [4.69, 9.17) is 11.6 Å². The Morgan fingerprint density at radius 1 is 1.19 bits per heavy atom. The van der Waals surface area contributed by atoms with Crippen LogP contribution in [-0.2, 0) is 0 Å². The van der Waals surface area contributed by atoms with Gasteiger partial charge in [-0.25, -0.2) is 0 Å². The van der Waals surface area contributed by atoms with Crippen molar-refractivity contribution in [1.29, 1.82) is 0 Å². The molecule has 0 bridgehead atoms. The van der Waals surface area contributed by atoms with Crippen molar-refractivity contribution in [2.24, 2.45) is 0 Å². The van der Waals surface area contributed by atoms with E-state index in [1.165, 1.54) is 6.07 Å². The molecule has 0 spiro atoms. The third kappa shape index (κ3) is 2.83. The summed E-state index contributed by atoms with van der Waals surface area (Å²) < 4.78 is 0. The Morgan fingerprint density at radius 2 is 1.75 bits per heavy atom. The Bertz CT molecular complexity index is 400. The molecule has 86 valence electrons. The Labute approximate surface area is 100 Å². The second-order valence-electron chi connectivity index (χ2n) is 3.33. The van der Waals surface area contributed by atoms with Gasteiger partial charge in [-0.3, -0.25) is 9.59 Å². The van der Waals surface area contributed by atoms with Gasteiger partial charge in [-0.1, -0.05) is 12.1 Å². The summed E-state index contributed by atoms with van der Waals surface area (Å²) in [7, 11) is 0. The summed E-state index contributed by atoms with van der Waals surface area (Å²) in [5.41, 5.74) is 0.842. The molecule has 0 aliphatic heterocycles. The summed E-state index contributed by atoms with van der Waals surface area (Å²) in [5.74, 6) is -0.0789. The number of hydrogen-bond acceptors (Lipinski definition) is 2. The van der Waals surface area contributed by atoms with Gasteiger partial charge in [0.25, 0.3) is 11.1 Å². The lowest BCUT2D eigenvalue weighted by Crippen LogP contribution is -2.30. The van der Waals surface area contributed by atoms with Crippen LogP contribution in [0.3, 0.4) is 0 Å². The minimum Gasteiger partial charge on any atom is -0.339 e. The predicted molar refractivity (Wildman–Crippen MR) is 63.9 cm³/mol. The highest BCUT2D eigenvalue weighted by Crippen LogP contribution is 2.10. The van der Waals surface area contributed by atoms with Crippen molar-refractivity contribution in [3.63, 3.8) is 0 Å². The van der Waals surface area contributed by atoms with E-state index in [9.17, 15) is 9.59 Å². The van der Waals surface area contributed by atoms with E-state index in [1.807, 2.05) is 13.8 Å². The van der Waals surface area contributed by atoms with E-state index in [0.717, 1.165) is 0 Å². The number of rotatable bonds is 4.